The van der Waals surface area contributed by atoms with Gasteiger partial charge < -0.3 is 9.47 Å². The molecule has 138 valence electrons. The van der Waals surface area contributed by atoms with E-state index in [-0.39, 0.29) is 0 Å². The highest BCUT2D eigenvalue weighted by atomic mass is 32.1. The van der Waals surface area contributed by atoms with Crippen molar-refractivity contribution in [1.29, 1.82) is 0 Å². The third-order valence-corrected chi connectivity index (χ3v) is 3.99. The summed E-state index contributed by atoms with van der Waals surface area (Å²) in [6, 6.07) is 13.1. The van der Waals surface area contributed by atoms with E-state index in [2.05, 4.69) is 15.3 Å². The fraction of sp³-hybridized carbons (Fsp3) is 0.158. The normalized spacial score (nSPS) is 10.9. The minimum absolute atomic E-state index is 0.349. The van der Waals surface area contributed by atoms with Crippen LogP contribution in [0.2, 0.25) is 0 Å². The minimum atomic E-state index is -0.415. The summed E-state index contributed by atoms with van der Waals surface area (Å²) in [7, 11) is 1.50. The average molecular weight is 382 g/mol. The van der Waals surface area contributed by atoms with Crippen molar-refractivity contribution in [2.45, 2.75) is 13.8 Å². The molecule has 2 aromatic carbocycles. The van der Waals surface area contributed by atoms with Crippen LogP contribution in [0.5, 0.6) is 11.5 Å². The predicted molar refractivity (Wildman–Crippen MR) is 105 cm³/mol. The first-order chi connectivity index (χ1) is 13.0. The van der Waals surface area contributed by atoms with Gasteiger partial charge in [0.05, 0.1) is 13.3 Å². The summed E-state index contributed by atoms with van der Waals surface area (Å²) < 4.78 is 12.3. The second-order valence-corrected chi connectivity index (χ2v) is 6.17. The van der Waals surface area contributed by atoms with Gasteiger partial charge in [-0.3, -0.25) is 4.79 Å². The van der Waals surface area contributed by atoms with Crippen LogP contribution in [0, 0.1) is 11.7 Å². The molecule has 0 bridgehead atoms. The summed E-state index contributed by atoms with van der Waals surface area (Å²) >= 11 is 5.28. The fourth-order valence-corrected chi connectivity index (χ4v) is 2.60. The number of benzene rings is 2. The summed E-state index contributed by atoms with van der Waals surface area (Å²) in [6.07, 6.45) is 1.63. The first-order valence-corrected chi connectivity index (χ1v) is 8.54. The molecule has 0 unspecified atom stereocenters. The lowest BCUT2D eigenvalue weighted by Crippen LogP contribution is -2.03. The number of ether oxygens (including phenoxy) is 2. The van der Waals surface area contributed by atoms with E-state index >= 15 is 0 Å². The molecule has 1 heterocycles. The number of carbonyl (C=O) groups excluding carboxylic acids is 1. The van der Waals surface area contributed by atoms with E-state index in [1.54, 1.807) is 29.1 Å². The maximum absolute atomic E-state index is 11.1. The van der Waals surface area contributed by atoms with Crippen molar-refractivity contribution in [1.82, 2.24) is 14.9 Å². The number of nitrogens with zero attached hydrogens (tertiary/aromatic N) is 3. The fourth-order valence-electron chi connectivity index (χ4n) is 2.42. The highest BCUT2D eigenvalue weighted by Gasteiger charge is 2.09. The van der Waals surface area contributed by atoms with Crippen molar-refractivity contribution in [2.75, 3.05) is 7.11 Å². The topological polar surface area (TPSA) is 81.5 Å². The number of methoxy groups -OCH3 is 1. The van der Waals surface area contributed by atoms with Gasteiger partial charge in [0.25, 0.3) is 0 Å². The van der Waals surface area contributed by atoms with E-state index < -0.39 is 5.97 Å². The number of aromatic nitrogens is 3. The molecule has 0 aliphatic heterocycles. The lowest BCUT2D eigenvalue weighted by molar-refractivity contribution is -0.132. The van der Waals surface area contributed by atoms with Crippen LogP contribution >= 0.6 is 12.2 Å². The smallest absolute Gasteiger partial charge is 0.308 e. The van der Waals surface area contributed by atoms with Gasteiger partial charge in [-0.05, 0) is 42.9 Å². The third-order valence-electron chi connectivity index (χ3n) is 3.72. The second-order valence-electron chi connectivity index (χ2n) is 5.78. The van der Waals surface area contributed by atoms with Crippen LogP contribution in [0.3, 0.4) is 0 Å². The van der Waals surface area contributed by atoms with E-state index in [0.717, 1.165) is 16.7 Å². The molecule has 0 aliphatic carbocycles. The van der Waals surface area contributed by atoms with E-state index in [4.69, 9.17) is 21.7 Å². The van der Waals surface area contributed by atoms with Gasteiger partial charge in [-0.2, -0.15) is 14.9 Å². The molecule has 7 nitrogen and oxygen atoms in total. The number of carbonyl (C=O) groups is 1. The summed E-state index contributed by atoms with van der Waals surface area (Å²) in [5.41, 5.74) is 2.80. The summed E-state index contributed by atoms with van der Waals surface area (Å²) in [6.45, 7) is 3.36. The van der Waals surface area contributed by atoms with Crippen molar-refractivity contribution in [3.05, 3.63) is 58.4 Å². The van der Waals surface area contributed by atoms with E-state index in [1.165, 1.54) is 14.0 Å². The first-order valence-electron chi connectivity index (χ1n) is 8.13. The van der Waals surface area contributed by atoms with Crippen molar-refractivity contribution in [2.24, 2.45) is 5.10 Å². The molecule has 3 aromatic rings. The summed E-state index contributed by atoms with van der Waals surface area (Å²) in [5, 5.41) is 11.4. The molecule has 0 radical (unpaired) electrons. The third kappa shape index (κ3) is 4.29. The van der Waals surface area contributed by atoms with Gasteiger partial charge in [0, 0.05) is 12.5 Å². The van der Waals surface area contributed by atoms with Gasteiger partial charge in [0.1, 0.15) is 0 Å². The molecule has 0 aliphatic rings. The van der Waals surface area contributed by atoms with Crippen LogP contribution in [0.1, 0.15) is 18.1 Å². The van der Waals surface area contributed by atoms with Gasteiger partial charge in [-0.15, -0.1) is 0 Å². The quantitative estimate of drug-likeness (QED) is 0.315. The van der Waals surface area contributed by atoms with Crippen molar-refractivity contribution < 1.29 is 14.3 Å². The Morgan fingerprint density at radius 3 is 2.63 bits per heavy atom. The second kappa shape index (κ2) is 7.96. The molecular weight excluding hydrogens is 364 g/mol. The SMILES string of the molecule is COc1cc(/C=N\n2c(-c3ccc(C)cc3)n[nH]c2=S)ccc1OC(C)=O. The van der Waals surface area contributed by atoms with Gasteiger partial charge in [-0.25, -0.2) is 5.10 Å². The molecule has 3 rings (SSSR count). The maximum atomic E-state index is 11.1. The molecule has 0 atom stereocenters. The molecule has 1 aromatic heterocycles. The number of esters is 1. The van der Waals surface area contributed by atoms with E-state index in [1.807, 2.05) is 31.2 Å². The molecule has 0 saturated carbocycles. The monoisotopic (exact) mass is 382 g/mol. The standard InChI is InChI=1S/C19H18N4O3S/c1-12-4-7-15(8-5-12)18-21-22-19(27)23(18)20-11-14-6-9-16(26-13(2)24)17(10-14)25-3/h4-11H,1-3H3,(H,22,27)/b20-11-. The lowest BCUT2D eigenvalue weighted by atomic mass is 10.1. The number of H-pyrrole nitrogens is 1. The predicted octanol–water partition coefficient (Wildman–Crippen LogP) is 3.73. The molecule has 0 fully saturated rings. The number of aromatic amines is 1. The van der Waals surface area contributed by atoms with Crippen LogP contribution in [0.15, 0.2) is 47.6 Å². The van der Waals surface area contributed by atoms with Gasteiger partial charge in [0.15, 0.2) is 17.3 Å². The lowest BCUT2D eigenvalue weighted by Gasteiger charge is -2.08. The molecular formula is C19H18N4O3S. The molecule has 0 saturated heterocycles. The molecule has 27 heavy (non-hydrogen) atoms. The number of hydrogen-bond acceptors (Lipinski definition) is 6. The molecule has 0 spiro atoms. The number of rotatable bonds is 5. The Hall–Kier alpha value is -3.26. The zero-order valence-electron chi connectivity index (χ0n) is 15.1. The van der Waals surface area contributed by atoms with Crippen LogP contribution in [0.4, 0.5) is 0 Å². The van der Waals surface area contributed by atoms with Crippen molar-refractivity contribution in [3.63, 3.8) is 0 Å². The zero-order valence-corrected chi connectivity index (χ0v) is 15.9. The highest BCUT2D eigenvalue weighted by Crippen LogP contribution is 2.27. The average Bonchev–Trinajstić information content (AvgIpc) is 3.01. The largest absolute Gasteiger partial charge is 0.493 e. The molecule has 1 N–H and O–H groups in total. The zero-order chi connectivity index (χ0) is 19.4. The number of nitrogens with one attached hydrogen (secondary N) is 1. The Bertz CT molecular complexity index is 1050. The van der Waals surface area contributed by atoms with Gasteiger partial charge in [0.2, 0.25) is 4.77 Å². The first kappa shape index (κ1) is 18.5. The van der Waals surface area contributed by atoms with Crippen LogP contribution in [-0.2, 0) is 4.79 Å². The summed E-state index contributed by atoms with van der Waals surface area (Å²) in [5.74, 6) is 0.980. The Morgan fingerprint density at radius 2 is 1.96 bits per heavy atom. The Kier molecular flexibility index (Phi) is 5.46. The Morgan fingerprint density at radius 1 is 1.22 bits per heavy atom. The van der Waals surface area contributed by atoms with Crippen LogP contribution in [0.25, 0.3) is 11.4 Å². The van der Waals surface area contributed by atoms with Crippen LogP contribution < -0.4 is 9.47 Å². The van der Waals surface area contributed by atoms with Gasteiger partial charge in [-0.1, -0.05) is 29.8 Å². The van der Waals surface area contributed by atoms with Crippen LogP contribution in [-0.4, -0.2) is 34.2 Å². The Labute approximate surface area is 161 Å². The van der Waals surface area contributed by atoms with Crippen molar-refractivity contribution in [3.8, 4) is 22.9 Å². The number of aryl methyl sites for hydroxylation is 1. The van der Waals surface area contributed by atoms with Crippen molar-refractivity contribution >= 4 is 24.4 Å². The molecule has 0 amide bonds. The number of hydrogen-bond donors (Lipinski definition) is 1. The minimum Gasteiger partial charge on any atom is -0.493 e. The van der Waals surface area contributed by atoms with Gasteiger partial charge >= 0.3 is 5.97 Å². The summed E-state index contributed by atoms with van der Waals surface area (Å²) in [4.78, 5) is 11.1. The maximum Gasteiger partial charge on any atom is 0.308 e. The van der Waals surface area contributed by atoms with E-state index in [9.17, 15) is 4.79 Å². The Balaban J connectivity index is 1.93. The molecule has 8 heteroatoms. The highest BCUT2D eigenvalue weighted by molar-refractivity contribution is 7.71. The van der Waals surface area contributed by atoms with E-state index in [0.29, 0.717) is 22.1 Å².